The van der Waals surface area contributed by atoms with Crippen molar-refractivity contribution in [1.82, 2.24) is 4.31 Å². The van der Waals surface area contributed by atoms with Gasteiger partial charge in [0.15, 0.2) is 0 Å². The SMILES string of the molecule is N#Cc1ccc(S(=O)(=O)N2CC[C@H](O)C2)c(Cl)c1. The van der Waals surface area contributed by atoms with Gasteiger partial charge in [-0.25, -0.2) is 8.42 Å². The number of benzene rings is 1. The number of nitriles is 1. The zero-order valence-electron chi connectivity index (χ0n) is 9.38. The third-order valence-electron chi connectivity index (χ3n) is 2.80. The molecule has 1 aromatic rings. The number of halogens is 1. The van der Waals surface area contributed by atoms with E-state index in [0.29, 0.717) is 12.0 Å². The number of aliphatic hydroxyl groups is 1. The summed E-state index contributed by atoms with van der Waals surface area (Å²) >= 11 is 5.89. The van der Waals surface area contributed by atoms with Crippen molar-refractivity contribution in [1.29, 1.82) is 5.26 Å². The Balaban J connectivity index is 2.39. The van der Waals surface area contributed by atoms with Crippen LogP contribution in [0.5, 0.6) is 0 Å². The van der Waals surface area contributed by atoms with Gasteiger partial charge in [-0.3, -0.25) is 0 Å². The van der Waals surface area contributed by atoms with E-state index in [1.807, 2.05) is 6.07 Å². The molecule has 0 aliphatic carbocycles. The number of hydrogen-bond acceptors (Lipinski definition) is 4. The molecule has 0 saturated carbocycles. The van der Waals surface area contributed by atoms with E-state index in [-0.39, 0.29) is 23.0 Å². The maximum Gasteiger partial charge on any atom is 0.244 e. The summed E-state index contributed by atoms with van der Waals surface area (Å²) in [5.74, 6) is 0. The fraction of sp³-hybridized carbons (Fsp3) is 0.364. The fourth-order valence-corrected chi connectivity index (χ4v) is 3.86. The van der Waals surface area contributed by atoms with Crippen LogP contribution in [0.4, 0.5) is 0 Å². The molecule has 96 valence electrons. The number of nitrogens with zero attached hydrogens (tertiary/aromatic N) is 2. The van der Waals surface area contributed by atoms with E-state index in [1.165, 1.54) is 22.5 Å². The number of β-amino-alcohol motifs (C(OH)–C–C–N with tert-alkyl or cyclic N) is 1. The van der Waals surface area contributed by atoms with Crippen LogP contribution in [-0.4, -0.2) is 37.0 Å². The molecule has 1 fully saturated rings. The van der Waals surface area contributed by atoms with Crippen LogP contribution >= 0.6 is 11.6 Å². The van der Waals surface area contributed by atoms with Gasteiger partial charge < -0.3 is 5.11 Å². The summed E-state index contributed by atoms with van der Waals surface area (Å²) in [5, 5.41) is 18.1. The minimum Gasteiger partial charge on any atom is -0.392 e. The summed E-state index contributed by atoms with van der Waals surface area (Å²) in [6, 6.07) is 5.94. The lowest BCUT2D eigenvalue weighted by atomic mass is 10.2. The van der Waals surface area contributed by atoms with Crippen molar-refractivity contribution in [3.8, 4) is 6.07 Å². The van der Waals surface area contributed by atoms with Gasteiger partial charge in [0, 0.05) is 13.1 Å². The quantitative estimate of drug-likeness (QED) is 0.878. The molecule has 0 aromatic heterocycles. The van der Waals surface area contributed by atoms with Crippen LogP contribution in [0.3, 0.4) is 0 Å². The van der Waals surface area contributed by atoms with Crippen molar-refractivity contribution in [2.24, 2.45) is 0 Å². The molecule has 1 aliphatic heterocycles. The van der Waals surface area contributed by atoms with Gasteiger partial charge in [-0.2, -0.15) is 9.57 Å². The molecule has 0 unspecified atom stereocenters. The Bertz CT molecular complexity index is 609. The molecule has 1 aliphatic rings. The zero-order chi connectivity index (χ0) is 13.3. The molecule has 7 heteroatoms. The molecular weight excluding hydrogens is 276 g/mol. The van der Waals surface area contributed by atoms with Gasteiger partial charge in [0.2, 0.25) is 10.0 Å². The normalized spacial score (nSPS) is 20.8. The van der Waals surface area contributed by atoms with E-state index >= 15 is 0 Å². The van der Waals surface area contributed by atoms with Crippen LogP contribution in [0.2, 0.25) is 5.02 Å². The lowest BCUT2D eigenvalue weighted by Crippen LogP contribution is -2.29. The molecule has 0 amide bonds. The second kappa shape index (κ2) is 4.86. The van der Waals surface area contributed by atoms with Gasteiger partial charge in [0.25, 0.3) is 0 Å². The maximum atomic E-state index is 12.2. The van der Waals surface area contributed by atoms with E-state index in [0.717, 1.165) is 0 Å². The van der Waals surface area contributed by atoms with E-state index in [2.05, 4.69) is 0 Å². The van der Waals surface area contributed by atoms with Crippen molar-refractivity contribution in [2.75, 3.05) is 13.1 Å². The van der Waals surface area contributed by atoms with Gasteiger partial charge in [-0.05, 0) is 24.6 Å². The molecule has 0 radical (unpaired) electrons. The monoisotopic (exact) mass is 286 g/mol. The molecule has 1 N–H and O–H groups in total. The Hall–Kier alpha value is -1.13. The number of aliphatic hydroxyl groups excluding tert-OH is 1. The largest absolute Gasteiger partial charge is 0.392 e. The highest BCUT2D eigenvalue weighted by molar-refractivity contribution is 7.89. The van der Waals surface area contributed by atoms with Crippen LogP contribution in [-0.2, 0) is 10.0 Å². The lowest BCUT2D eigenvalue weighted by molar-refractivity contribution is 0.189. The molecule has 1 saturated heterocycles. The third-order valence-corrected chi connectivity index (χ3v) is 5.15. The smallest absolute Gasteiger partial charge is 0.244 e. The highest BCUT2D eigenvalue weighted by Gasteiger charge is 2.32. The number of hydrogen-bond donors (Lipinski definition) is 1. The summed E-state index contributed by atoms with van der Waals surface area (Å²) in [6.45, 7) is 0.360. The Morgan fingerprint density at radius 2 is 2.22 bits per heavy atom. The predicted octanol–water partition coefficient (Wildman–Crippen LogP) is 0.967. The Morgan fingerprint density at radius 3 is 2.72 bits per heavy atom. The predicted molar refractivity (Wildman–Crippen MR) is 65.5 cm³/mol. The van der Waals surface area contributed by atoms with Crippen LogP contribution in [0.15, 0.2) is 23.1 Å². The number of rotatable bonds is 2. The summed E-state index contributed by atoms with van der Waals surface area (Å²) in [5.41, 5.74) is 0.306. The minimum atomic E-state index is -3.70. The highest BCUT2D eigenvalue weighted by atomic mass is 35.5. The van der Waals surface area contributed by atoms with Gasteiger partial charge in [0.1, 0.15) is 4.90 Å². The molecular formula is C11H11ClN2O3S. The second-order valence-corrected chi connectivity index (χ2v) is 6.38. The van der Waals surface area contributed by atoms with Crippen molar-refractivity contribution in [2.45, 2.75) is 17.4 Å². The van der Waals surface area contributed by atoms with Gasteiger partial charge in [-0.1, -0.05) is 11.6 Å². The summed E-state index contributed by atoms with van der Waals surface area (Å²) < 4.78 is 25.7. The zero-order valence-corrected chi connectivity index (χ0v) is 10.9. The van der Waals surface area contributed by atoms with E-state index < -0.39 is 16.1 Å². The van der Waals surface area contributed by atoms with Gasteiger partial charge >= 0.3 is 0 Å². The number of sulfonamides is 1. The molecule has 1 heterocycles. The molecule has 18 heavy (non-hydrogen) atoms. The van der Waals surface area contributed by atoms with Crippen LogP contribution in [0.25, 0.3) is 0 Å². The highest BCUT2D eigenvalue weighted by Crippen LogP contribution is 2.27. The van der Waals surface area contributed by atoms with E-state index in [1.54, 1.807) is 0 Å². The van der Waals surface area contributed by atoms with Crippen molar-refractivity contribution < 1.29 is 13.5 Å². The summed E-state index contributed by atoms with van der Waals surface area (Å²) in [6.07, 6.45) is -0.204. The topological polar surface area (TPSA) is 81.4 Å². The maximum absolute atomic E-state index is 12.2. The van der Waals surface area contributed by atoms with Crippen molar-refractivity contribution >= 4 is 21.6 Å². The van der Waals surface area contributed by atoms with E-state index in [9.17, 15) is 13.5 Å². The molecule has 1 aromatic carbocycles. The second-order valence-electron chi connectivity index (χ2n) is 4.06. The standard InChI is InChI=1S/C11H11ClN2O3S/c12-10-5-8(6-13)1-2-11(10)18(16,17)14-4-3-9(15)7-14/h1-2,5,9,15H,3-4,7H2/t9-/m0/s1. The minimum absolute atomic E-state index is 0.0236. The Kier molecular flexibility index (Phi) is 3.59. The molecule has 0 spiro atoms. The first kappa shape index (κ1) is 13.3. The summed E-state index contributed by atoms with van der Waals surface area (Å²) in [4.78, 5) is -0.0303. The van der Waals surface area contributed by atoms with Crippen molar-refractivity contribution in [3.63, 3.8) is 0 Å². The molecule has 1 atom stereocenters. The van der Waals surface area contributed by atoms with Gasteiger partial charge in [0.05, 0.1) is 22.8 Å². The third kappa shape index (κ3) is 2.35. The first-order valence-electron chi connectivity index (χ1n) is 5.33. The molecule has 2 rings (SSSR count). The Morgan fingerprint density at radius 1 is 1.50 bits per heavy atom. The molecule has 0 bridgehead atoms. The van der Waals surface area contributed by atoms with Crippen molar-refractivity contribution in [3.05, 3.63) is 28.8 Å². The van der Waals surface area contributed by atoms with Crippen LogP contribution in [0, 0.1) is 11.3 Å². The van der Waals surface area contributed by atoms with E-state index in [4.69, 9.17) is 16.9 Å². The van der Waals surface area contributed by atoms with Crippen LogP contribution < -0.4 is 0 Å². The Labute approximate surface area is 110 Å². The fourth-order valence-electron chi connectivity index (χ4n) is 1.85. The average Bonchev–Trinajstić information content (AvgIpc) is 2.76. The average molecular weight is 287 g/mol. The molecule has 5 nitrogen and oxygen atoms in total. The van der Waals surface area contributed by atoms with Crippen LogP contribution in [0.1, 0.15) is 12.0 Å². The first-order chi connectivity index (χ1) is 8.45. The first-order valence-corrected chi connectivity index (χ1v) is 7.15. The summed E-state index contributed by atoms with van der Waals surface area (Å²) in [7, 11) is -3.70. The van der Waals surface area contributed by atoms with Gasteiger partial charge in [-0.15, -0.1) is 0 Å². The lowest BCUT2D eigenvalue weighted by Gasteiger charge is -2.16.